The van der Waals surface area contributed by atoms with Crippen molar-refractivity contribution >= 4 is 27.9 Å². The van der Waals surface area contributed by atoms with Gasteiger partial charge in [0.2, 0.25) is 5.91 Å². The van der Waals surface area contributed by atoms with Crippen LogP contribution < -0.4 is 5.73 Å². The van der Waals surface area contributed by atoms with Crippen molar-refractivity contribution < 1.29 is 18.0 Å². The van der Waals surface area contributed by atoms with Crippen LogP contribution in [-0.2, 0) is 16.4 Å². The SMILES string of the molecule is NC1CC2(CCN(C(=O)/C=C/c3ccccc3C(F)(F)F)CC2)c2c(Br)cccc21. The van der Waals surface area contributed by atoms with Crippen LogP contribution in [0.3, 0.4) is 0 Å². The number of hydrogen-bond acceptors (Lipinski definition) is 2. The smallest absolute Gasteiger partial charge is 0.339 e. The third-order valence-electron chi connectivity index (χ3n) is 6.29. The van der Waals surface area contributed by atoms with Gasteiger partial charge in [0.15, 0.2) is 0 Å². The van der Waals surface area contributed by atoms with E-state index in [4.69, 9.17) is 5.73 Å². The van der Waals surface area contributed by atoms with Crippen molar-refractivity contribution in [3.8, 4) is 0 Å². The highest BCUT2D eigenvalue weighted by atomic mass is 79.9. The van der Waals surface area contributed by atoms with E-state index in [1.807, 2.05) is 12.1 Å². The van der Waals surface area contributed by atoms with Gasteiger partial charge in [-0.2, -0.15) is 13.2 Å². The lowest BCUT2D eigenvalue weighted by molar-refractivity contribution is -0.137. The molecule has 4 rings (SSSR count). The molecule has 1 unspecified atom stereocenters. The quantitative estimate of drug-likeness (QED) is 0.583. The normalized spacial score (nSPS) is 20.7. The average molecular weight is 479 g/mol. The van der Waals surface area contributed by atoms with Crippen molar-refractivity contribution in [3.05, 3.63) is 75.3 Å². The molecule has 0 radical (unpaired) electrons. The van der Waals surface area contributed by atoms with Gasteiger partial charge in [-0.1, -0.05) is 46.3 Å². The Morgan fingerprint density at radius 2 is 1.83 bits per heavy atom. The van der Waals surface area contributed by atoms with E-state index in [-0.39, 0.29) is 22.9 Å². The molecule has 1 aliphatic heterocycles. The first-order chi connectivity index (χ1) is 14.2. The molecule has 1 heterocycles. The van der Waals surface area contributed by atoms with E-state index in [1.54, 1.807) is 4.90 Å². The minimum absolute atomic E-state index is 0.00791. The molecule has 1 fully saturated rings. The number of amides is 1. The molecule has 2 aromatic carbocycles. The number of alkyl halides is 3. The van der Waals surface area contributed by atoms with Crippen LogP contribution >= 0.6 is 15.9 Å². The molecule has 1 aliphatic carbocycles. The molecule has 0 saturated carbocycles. The number of likely N-dealkylation sites (tertiary alicyclic amines) is 1. The Morgan fingerprint density at radius 3 is 2.53 bits per heavy atom. The molecule has 1 atom stereocenters. The maximum absolute atomic E-state index is 13.1. The van der Waals surface area contributed by atoms with Crippen LogP contribution in [0.4, 0.5) is 13.2 Å². The van der Waals surface area contributed by atoms with Gasteiger partial charge < -0.3 is 10.6 Å². The Balaban J connectivity index is 1.48. The monoisotopic (exact) mass is 478 g/mol. The van der Waals surface area contributed by atoms with Gasteiger partial charge in [0.25, 0.3) is 0 Å². The second kappa shape index (κ2) is 7.85. The van der Waals surface area contributed by atoms with Gasteiger partial charge in [0.05, 0.1) is 5.56 Å². The Kier molecular flexibility index (Phi) is 5.53. The fourth-order valence-electron chi connectivity index (χ4n) is 4.82. The highest BCUT2D eigenvalue weighted by Gasteiger charge is 2.46. The number of rotatable bonds is 2. The molecule has 2 aromatic rings. The lowest BCUT2D eigenvalue weighted by atomic mass is 9.73. The van der Waals surface area contributed by atoms with E-state index < -0.39 is 11.7 Å². The maximum atomic E-state index is 13.1. The van der Waals surface area contributed by atoms with Gasteiger partial charge in [0, 0.05) is 35.1 Å². The van der Waals surface area contributed by atoms with Crippen molar-refractivity contribution in [1.82, 2.24) is 4.90 Å². The number of carbonyl (C=O) groups excluding carboxylic acids is 1. The molecule has 30 heavy (non-hydrogen) atoms. The van der Waals surface area contributed by atoms with E-state index in [0.717, 1.165) is 35.4 Å². The van der Waals surface area contributed by atoms with E-state index in [2.05, 4.69) is 22.0 Å². The third-order valence-corrected chi connectivity index (χ3v) is 6.95. The number of nitrogens with zero attached hydrogens (tertiary/aromatic N) is 1. The summed E-state index contributed by atoms with van der Waals surface area (Å²) in [4.78, 5) is 14.3. The molecule has 1 spiro atoms. The van der Waals surface area contributed by atoms with Crippen LogP contribution in [-0.4, -0.2) is 23.9 Å². The molecule has 158 valence electrons. The zero-order valence-corrected chi connectivity index (χ0v) is 17.8. The summed E-state index contributed by atoms with van der Waals surface area (Å²) in [6.07, 6.45) is 0.467. The third kappa shape index (κ3) is 3.81. The molecule has 1 saturated heterocycles. The molecule has 7 heteroatoms. The Hall–Kier alpha value is -2.12. The highest BCUT2D eigenvalue weighted by molar-refractivity contribution is 9.10. The molecule has 2 N–H and O–H groups in total. The van der Waals surface area contributed by atoms with Gasteiger partial charge in [-0.3, -0.25) is 4.79 Å². The lowest BCUT2D eigenvalue weighted by Gasteiger charge is -2.40. The average Bonchev–Trinajstić information content (AvgIpc) is 2.99. The van der Waals surface area contributed by atoms with Crippen LogP contribution in [0.1, 0.15) is 47.6 Å². The van der Waals surface area contributed by atoms with Crippen LogP contribution in [0.25, 0.3) is 6.08 Å². The number of halogens is 4. The van der Waals surface area contributed by atoms with Crippen molar-refractivity contribution in [2.24, 2.45) is 5.73 Å². The van der Waals surface area contributed by atoms with Gasteiger partial charge in [0.1, 0.15) is 0 Å². The van der Waals surface area contributed by atoms with E-state index >= 15 is 0 Å². The number of piperidine rings is 1. The lowest BCUT2D eigenvalue weighted by Crippen LogP contribution is -2.44. The van der Waals surface area contributed by atoms with Gasteiger partial charge >= 0.3 is 6.18 Å². The van der Waals surface area contributed by atoms with Crippen molar-refractivity contribution in [1.29, 1.82) is 0 Å². The minimum atomic E-state index is -4.45. The summed E-state index contributed by atoms with van der Waals surface area (Å²) in [5.41, 5.74) is 7.97. The van der Waals surface area contributed by atoms with Crippen LogP contribution in [0.15, 0.2) is 53.0 Å². The summed E-state index contributed by atoms with van der Waals surface area (Å²) in [6, 6.07) is 11.3. The Morgan fingerprint density at radius 1 is 1.13 bits per heavy atom. The summed E-state index contributed by atoms with van der Waals surface area (Å²) in [6.45, 7) is 1.11. The molecule has 1 amide bonds. The van der Waals surface area contributed by atoms with Crippen molar-refractivity contribution in [3.63, 3.8) is 0 Å². The standard InChI is InChI=1S/C23H22BrF3N2O/c24-18-7-3-5-16-19(28)14-22(21(16)18)10-12-29(13-11-22)20(30)9-8-15-4-1-2-6-17(15)23(25,26)27/h1-9,19H,10-14,28H2/b9-8+. The second-order valence-corrected chi connectivity index (χ2v) is 8.89. The summed E-state index contributed by atoms with van der Waals surface area (Å²) < 4.78 is 40.5. The van der Waals surface area contributed by atoms with Gasteiger partial charge in [-0.15, -0.1) is 0 Å². The van der Waals surface area contributed by atoms with Gasteiger partial charge in [-0.25, -0.2) is 0 Å². The predicted molar refractivity (Wildman–Crippen MR) is 114 cm³/mol. The first-order valence-corrected chi connectivity index (χ1v) is 10.7. The fraction of sp³-hybridized carbons (Fsp3) is 0.348. The first-order valence-electron chi connectivity index (χ1n) is 9.89. The van der Waals surface area contributed by atoms with E-state index in [0.29, 0.717) is 13.1 Å². The molecule has 2 aliphatic rings. The second-order valence-electron chi connectivity index (χ2n) is 8.04. The highest BCUT2D eigenvalue weighted by Crippen LogP contribution is 2.52. The zero-order chi connectivity index (χ0) is 21.5. The number of hydrogen-bond donors (Lipinski definition) is 1. The molecule has 0 aromatic heterocycles. The molecule has 3 nitrogen and oxygen atoms in total. The Labute approximate surface area is 181 Å². The van der Waals surface area contributed by atoms with E-state index in [1.165, 1.54) is 35.9 Å². The Bertz CT molecular complexity index is 994. The summed E-state index contributed by atoms with van der Waals surface area (Å²) in [5, 5.41) is 0. The maximum Gasteiger partial charge on any atom is 0.416 e. The summed E-state index contributed by atoms with van der Waals surface area (Å²) in [7, 11) is 0. The van der Waals surface area contributed by atoms with Crippen LogP contribution in [0.5, 0.6) is 0 Å². The summed E-state index contributed by atoms with van der Waals surface area (Å²) >= 11 is 3.66. The van der Waals surface area contributed by atoms with Crippen LogP contribution in [0.2, 0.25) is 0 Å². The molecular weight excluding hydrogens is 457 g/mol. The van der Waals surface area contributed by atoms with Crippen molar-refractivity contribution in [2.45, 2.75) is 36.9 Å². The van der Waals surface area contributed by atoms with Crippen LogP contribution in [0, 0.1) is 0 Å². The molecular formula is C23H22BrF3N2O. The number of nitrogens with two attached hydrogens (primary N) is 1. The predicted octanol–water partition coefficient (Wildman–Crippen LogP) is 5.45. The number of benzene rings is 2. The van der Waals surface area contributed by atoms with E-state index in [9.17, 15) is 18.0 Å². The summed E-state index contributed by atoms with van der Waals surface area (Å²) in [5.74, 6) is -0.267. The van der Waals surface area contributed by atoms with Crippen molar-refractivity contribution in [2.75, 3.05) is 13.1 Å². The minimum Gasteiger partial charge on any atom is -0.339 e. The number of fused-ring (bicyclic) bond motifs is 2. The van der Waals surface area contributed by atoms with Gasteiger partial charge in [-0.05, 0) is 54.2 Å². The topological polar surface area (TPSA) is 46.3 Å². The first kappa shape index (κ1) is 21.1. The molecule has 0 bridgehead atoms. The zero-order valence-electron chi connectivity index (χ0n) is 16.3. The number of carbonyl (C=O) groups is 1. The largest absolute Gasteiger partial charge is 0.416 e. The fourth-order valence-corrected chi connectivity index (χ4v) is 5.62.